The zero-order valence-electron chi connectivity index (χ0n) is 18.4. The molecule has 1 aromatic carbocycles. The minimum Gasteiger partial charge on any atom is -0.457 e. The second-order valence-electron chi connectivity index (χ2n) is 7.96. The molecule has 10 nitrogen and oxygen atoms in total. The van der Waals surface area contributed by atoms with E-state index in [0.29, 0.717) is 12.8 Å². The van der Waals surface area contributed by atoms with Gasteiger partial charge in [-0.15, -0.1) is 0 Å². The molecule has 2 aliphatic rings. The fourth-order valence-corrected chi connectivity index (χ4v) is 4.14. The number of nitrogens with zero attached hydrogens (tertiary/aromatic N) is 4. The molecule has 2 heterocycles. The summed E-state index contributed by atoms with van der Waals surface area (Å²) in [6.07, 6.45) is 5.71. The van der Waals surface area contributed by atoms with E-state index < -0.39 is 5.97 Å². The van der Waals surface area contributed by atoms with Crippen LogP contribution in [0, 0.1) is 11.8 Å². The van der Waals surface area contributed by atoms with Crippen LogP contribution in [0.5, 0.6) is 0 Å². The van der Waals surface area contributed by atoms with Crippen molar-refractivity contribution in [2.24, 2.45) is 11.8 Å². The number of fused-ring (bicyclic) bond motifs is 1. The second-order valence-corrected chi connectivity index (χ2v) is 7.96. The molecule has 2 amide bonds. The maximum absolute atomic E-state index is 12.5. The van der Waals surface area contributed by atoms with Crippen molar-refractivity contribution >= 4 is 35.4 Å². The highest BCUT2D eigenvalue weighted by atomic mass is 16.5. The van der Waals surface area contributed by atoms with E-state index in [1.807, 2.05) is 43.3 Å². The minimum absolute atomic E-state index is 0.00277. The first-order chi connectivity index (χ1) is 16.0. The highest BCUT2D eigenvalue weighted by Gasteiger charge is 2.46. The number of aromatic nitrogens is 3. The normalized spacial score (nSPS) is 19.5. The molecule has 4 rings (SSSR count). The summed E-state index contributed by atoms with van der Waals surface area (Å²) in [4.78, 5) is 50.8. The van der Waals surface area contributed by atoms with E-state index in [0.717, 1.165) is 17.7 Å². The molecule has 0 spiro atoms. The van der Waals surface area contributed by atoms with Crippen molar-refractivity contribution in [2.75, 3.05) is 17.6 Å². The highest BCUT2D eigenvalue weighted by molar-refractivity contribution is 6.05. The van der Waals surface area contributed by atoms with Crippen LogP contribution in [0.4, 0.5) is 17.6 Å². The number of anilines is 3. The van der Waals surface area contributed by atoms with Gasteiger partial charge in [0.1, 0.15) is 0 Å². The Balaban J connectivity index is 1.32. The third kappa shape index (κ3) is 5.00. The van der Waals surface area contributed by atoms with Crippen molar-refractivity contribution in [3.05, 3.63) is 47.8 Å². The summed E-state index contributed by atoms with van der Waals surface area (Å²) in [5.41, 5.74) is 7.73. The topological polar surface area (TPSA) is 140 Å². The molecular formula is C23H26N6O4. The number of amides is 2. The standard InChI is InChI=1S/C23H26N6O4/c1-2-14-7-3-6-10-17(14)25-23-27-18(26-22(24)28-23)13-33-19(30)11-12-29-20(31)15-8-4-5-9-16(15)21(29)32/h3-7,10,15-16H,2,8-9,11-13H2,1H3,(H3,24,25,26,27,28)/t15-,16+. The van der Waals surface area contributed by atoms with E-state index >= 15 is 0 Å². The number of nitrogens with one attached hydrogen (secondary N) is 1. The number of esters is 1. The smallest absolute Gasteiger partial charge is 0.308 e. The Morgan fingerprint density at radius 3 is 2.52 bits per heavy atom. The van der Waals surface area contributed by atoms with Crippen LogP contribution in [0.2, 0.25) is 0 Å². The molecule has 0 bridgehead atoms. The maximum atomic E-state index is 12.5. The number of likely N-dealkylation sites (tertiary alicyclic amines) is 1. The van der Waals surface area contributed by atoms with Crippen molar-refractivity contribution < 1.29 is 19.1 Å². The predicted molar refractivity (Wildman–Crippen MR) is 120 cm³/mol. The minimum atomic E-state index is -0.562. The van der Waals surface area contributed by atoms with Gasteiger partial charge in [0.25, 0.3) is 0 Å². The van der Waals surface area contributed by atoms with Gasteiger partial charge in [-0.1, -0.05) is 37.3 Å². The summed E-state index contributed by atoms with van der Waals surface area (Å²) in [6, 6.07) is 7.75. The number of hydrogen-bond donors (Lipinski definition) is 2. The first-order valence-corrected chi connectivity index (χ1v) is 11.0. The molecule has 0 saturated carbocycles. The number of imide groups is 1. The van der Waals surface area contributed by atoms with E-state index in [1.165, 1.54) is 4.90 Å². The van der Waals surface area contributed by atoms with Crippen LogP contribution >= 0.6 is 0 Å². The van der Waals surface area contributed by atoms with Crippen molar-refractivity contribution in [1.29, 1.82) is 0 Å². The lowest BCUT2D eigenvalue weighted by Gasteiger charge is -2.14. The van der Waals surface area contributed by atoms with Crippen molar-refractivity contribution in [1.82, 2.24) is 19.9 Å². The van der Waals surface area contributed by atoms with Gasteiger partial charge in [-0.25, -0.2) is 0 Å². The van der Waals surface area contributed by atoms with Gasteiger partial charge in [0.2, 0.25) is 23.7 Å². The Hall–Kier alpha value is -3.82. The molecule has 1 aliphatic carbocycles. The summed E-state index contributed by atoms with van der Waals surface area (Å²) in [5.74, 6) is -1.17. The van der Waals surface area contributed by atoms with Gasteiger partial charge in [-0.05, 0) is 30.9 Å². The van der Waals surface area contributed by atoms with E-state index in [1.54, 1.807) is 0 Å². The molecule has 1 fully saturated rings. The van der Waals surface area contributed by atoms with Crippen LogP contribution in [0.1, 0.15) is 37.6 Å². The Morgan fingerprint density at radius 2 is 1.82 bits per heavy atom. The number of hydrogen-bond acceptors (Lipinski definition) is 9. The van der Waals surface area contributed by atoms with Crippen molar-refractivity contribution in [3.8, 4) is 0 Å². The summed E-state index contributed by atoms with van der Waals surface area (Å²) < 4.78 is 5.25. The molecule has 1 aromatic heterocycles. The van der Waals surface area contributed by atoms with Crippen LogP contribution < -0.4 is 11.1 Å². The molecule has 0 unspecified atom stereocenters. The monoisotopic (exact) mass is 450 g/mol. The summed E-state index contributed by atoms with van der Waals surface area (Å²) >= 11 is 0. The number of carbonyl (C=O) groups excluding carboxylic acids is 3. The first-order valence-electron chi connectivity index (χ1n) is 11.0. The van der Waals surface area contributed by atoms with Gasteiger partial charge in [0.15, 0.2) is 12.4 Å². The molecule has 1 saturated heterocycles. The summed E-state index contributed by atoms with van der Waals surface area (Å²) in [7, 11) is 0. The molecule has 1 aliphatic heterocycles. The quantitative estimate of drug-likeness (QED) is 0.351. The Kier molecular flexibility index (Phi) is 6.62. The Bertz CT molecular complexity index is 1080. The van der Waals surface area contributed by atoms with Gasteiger partial charge in [0.05, 0.1) is 18.3 Å². The van der Waals surface area contributed by atoms with Gasteiger partial charge in [0, 0.05) is 12.2 Å². The number of carbonyl (C=O) groups is 3. The Morgan fingerprint density at radius 1 is 1.12 bits per heavy atom. The third-order valence-electron chi connectivity index (χ3n) is 5.84. The predicted octanol–water partition coefficient (Wildman–Crippen LogP) is 2.14. The number of benzene rings is 1. The number of ether oxygens (including phenoxy) is 1. The number of para-hydroxylation sites is 1. The summed E-state index contributed by atoms with van der Waals surface area (Å²) in [5, 5.41) is 3.12. The lowest BCUT2D eigenvalue weighted by atomic mass is 9.85. The van der Waals surface area contributed by atoms with Gasteiger partial charge in [-0.2, -0.15) is 15.0 Å². The molecular weight excluding hydrogens is 424 g/mol. The highest BCUT2D eigenvalue weighted by Crippen LogP contribution is 2.35. The number of rotatable bonds is 8. The number of allylic oxidation sites excluding steroid dienone is 2. The fraction of sp³-hybridized carbons (Fsp3) is 0.391. The van der Waals surface area contributed by atoms with E-state index in [-0.39, 0.29) is 60.9 Å². The second kappa shape index (κ2) is 9.76. The van der Waals surface area contributed by atoms with Gasteiger partial charge >= 0.3 is 5.97 Å². The largest absolute Gasteiger partial charge is 0.457 e. The SMILES string of the molecule is CCc1ccccc1Nc1nc(N)nc(COC(=O)CCN2C(=O)[C@H]3CC=CC[C@H]3C2=O)n1. The summed E-state index contributed by atoms with van der Waals surface area (Å²) in [6.45, 7) is 1.84. The number of aryl methyl sites for hydroxylation is 1. The van der Waals surface area contributed by atoms with E-state index in [2.05, 4.69) is 20.3 Å². The van der Waals surface area contributed by atoms with Crippen molar-refractivity contribution in [2.45, 2.75) is 39.2 Å². The van der Waals surface area contributed by atoms with Crippen LogP contribution in [0.25, 0.3) is 0 Å². The maximum Gasteiger partial charge on any atom is 0.308 e. The average Bonchev–Trinajstić information content (AvgIpc) is 3.06. The molecule has 3 N–H and O–H groups in total. The zero-order chi connectivity index (χ0) is 23.4. The average molecular weight is 450 g/mol. The lowest BCUT2D eigenvalue weighted by Crippen LogP contribution is -2.33. The zero-order valence-corrected chi connectivity index (χ0v) is 18.4. The van der Waals surface area contributed by atoms with Crippen LogP contribution in [-0.2, 0) is 32.1 Å². The van der Waals surface area contributed by atoms with Gasteiger partial charge < -0.3 is 15.8 Å². The lowest BCUT2D eigenvalue weighted by molar-refractivity contribution is -0.147. The van der Waals surface area contributed by atoms with Crippen LogP contribution in [0.3, 0.4) is 0 Å². The van der Waals surface area contributed by atoms with E-state index in [9.17, 15) is 14.4 Å². The third-order valence-corrected chi connectivity index (χ3v) is 5.84. The van der Waals surface area contributed by atoms with Crippen LogP contribution in [-0.4, -0.2) is 44.2 Å². The van der Waals surface area contributed by atoms with Crippen molar-refractivity contribution in [3.63, 3.8) is 0 Å². The molecule has 2 atom stereocenters. The molecule has 172 valence electrons. The van der Waals surface area contributed by atoms with Crippen LogP contribution in [0.15, 0.2) is 36.4 Å². The van der Waals surface area contributed by atoms with E-state index in [4.69, 9.17) is 10.5 Å². The first kappa shape index (κ1) is 22.4. The number of nitrogen functional groups attached to an aromatic ring is 1. The molecule has 2 aromatic rings. The molecule has 33 heavy (non-hydrogen) atoms. The number of nitrogens with two attached hydrogens (primary N) is 1. The Labute approximate surface area is 191 Å². The molecule has 10 heteroatoms. The fourth-order valence-electron chi connectivity index (χ4n) is 4.14. The molecule has 0 radical (unpaired) electrons. The van der Waals surface area contributed by atoms with Gasteiger partial charge in [-0.3, -0.25) is 19.3 Å².